The van der Waals surface area contributed by atoms with E-state index in [4.69, 9.17) is 0 Å². The molecule has 3 aliphatic rings. The predicted octanol–water partition coefficient (Wildman–Crippen LogP) is 2.75. The first-order valence-electron chi connectivity index (χ1n) is 7.95. The van der Waals surface area contributed by atoms with Crippen molar-refractivity contribution in [3.63, 3.8) is 0 Å². The average molecular weight is 282 g/mol. The second-order valence-electron chi connectivity index (χ2n) is 6.30. The third-order valence-electron chi connectivity index (χ3n) is 5.01. The molecule has 3 fully saturated rings. The lowest BCUT2D eigenvalue weighted by Crippen LogP contribution is -2.44. The fourth-order valence-electron chi connectivity index (χ4n) is 3.92. The highest BCUT2D eigenvalue weighted by atomic mass is 32.2. The van der Waals surface area contributed by atoms with Gasteiger partial charge in [0.15, 0.2) is 0 Å². The topological polar surface area (TPSA) is 32.3 Å². The summed E-state index contributed by atoms with van der Waals surface area (Å²) in [6.45, 7) is 3.16. The maximum Gasteiger partial charge on any atom is 0.244 e. The fourth-order valence-corrected chi connectivity index (χ4v) is 5.22. The van der Waals surface area contributed by atoms with E-state index in [1.54, 1.807) is 0 Å². The molecule has 2 atom stereocenters. The van der Waals surface area contributed by atoms with Gasteiger partial charge in [-0.2, -0.15) is 11.8 Å². The Morgan fingerprint density at radius 3 is 2.74 bits per heavy atom. The Balaban J connectivity index is 1.69. The normalized spacial score (nSPS) is 34.4. The summed E-state index contributed by atoms with van der Waals surface area (Å²) in [7, 11) is 0. The average Bonchev–Trinajstić information content (AvgIpc) is 3.01. The number of thioether (sulfide) groups is 1. The van der Waals surface area contributed by atoms with Crippen molar-refractivity contribution >= 4 is 17.7 Å². The molecule has 1 N–H and O–H groups in total. The standard InChI is InChI=1S/C15H26N2OS/c1-2-13-16-15(8-4-5-9-15)14(18)17(13)11-12-7-3-6-10-19-12/h12-13,16H,2-11H2,1H3. The molecule has 0 bridgehead atoms. The molecule has 1 amide bonds. The van der Waals surface area contributed by atoms with E-state index in [1.165, 1.54) is 37.9 Å². The summed E-state index contributed by atoms with van der Waals surface area (Å²) in [5.41, 5.74) is -0.181. The van der Waals surface area contributed by atoms with Crippen LogP contribution in [0.1, 0.15) is 58.3 Å². The maximum absolute atomic E-state index is 12.8. The minimum absolute atomic E-state index is 0.181. The SMILES string of the molecule is CCC1NC2(CCCC2)C(=O)N1CC1CCCCS1. The van der Waals surface area contributed by atoms with E-state index in [2.05, 4.69) is 28.9 Å². The van der Waals surface area contributed by atoms with Gasteiger partial charge < -0.3 is 4.90 Å². The van der Waals surface area contributed by atoms with Crippen molar-refractivity contribution in [2.75, 3.05) is 12.3 Å². The van der Waals surface area contributed by atoms with Crippen LogP contribution in [0.5, 0.6) is 0 Å². The van der Waals surface area contributed by atoms with Gasteiger partial charge in [0.25, 0.3) is 0 Å². The first-order chi connectivity index (χ1) is 9.25. The van der Waals surface area contributed by atoms with E-state index in [-0.39, 0.29) is 11.7 Å². The number of nitrogens with one attached hydrogen (secondary N) is 1. The first-order valence-corrected chi connectivity index (χ1v) is 9.00. The summed E-state index contributed by atoms with van der Waals surface area (Å²) in [5.74, 6) is 1.69. The molecule has 0 aromatic carbocycles. The molecular formula is C15H26N2OS. The van der Waals surface area contributed by atoms with Crippen LogP contribution in [0.4, 0.5) is 0 Å². The number of carbonyl (C=O) groups excluding carboxylic acids is 1. The monoisotopic (exact) mass is 282 g/mol. The summed E-state index contributed by atoms with van der Waals surface area (Å²) >= 11 is 2.07. The smallest absolute Gasteiger partial charge is 0.244 e. The summed E-state index contributed by atoms with van der Waals surface area (Å²) in [6.07, 6.45) is 9.83. The maximum atomic E-state index is 12.8. The van der Waals surface area contributed by atoms with Gasteiger partial charge in [-0.05, 0) is 37.9 Å². The minimum Gasteiger partial charge on any atom is -0.324 e. The van der Waals surface area contributed by atoms with Gasteiger partial charge in [0.1, 0.15) is 0 Å². The molecule has 1 aliphatic carbocycles. The van der Waals surface area contributed by atoms with Crippen molar-refractivity contribution in [1.29, 1.82) is 0 Å². The lowest BCUT2D eigenvalue weighted by Gasteiger charge is -2.30. The Morgan fingerprint density at radius 1 is 1.32 bits per heavy atom. The van der Waals surface area contributed by atoms with Gasteiger partial charge in [0, 0.05) is 11.8 Å². The van der Waals surface area contributed by atoms with Crippen LogP contribution in [-0.4, -0.2) is 40.1 Å². The Morgan fingerprint density at radius 2 is 2.11 bits per heavy atom. The highest BCUT2D eigenvalue weighted by Gasteiger charge is 2.51. The van der Waals surface area contributed by atoms with Gasteiger partial charge in [-0.1, -0.05) is 26.2 Å². The largest absolute Gasteiger partial charge is 0.324 e. The van der Waals surface area contributed by atoms with Gasteiger partial charge in [0.2, 0.25) is 5.91 Å². The van der Waals surface area contributed by atoms with E-state index in [0.717, 1.165) is 25.8 Å². The van der Waals surface area contributed by atoms with Gasteiger partial charge in [-0.25, -0.2) is 0 Å². The predicted molar refractivity (Wildman–Crippen MR) is 80.2 cm³/mol. The van der Waals surface area contributed by atoms with E-state index in [0.29, 0.717) is 11.2 Å². The third kappa shape index (κ3) is 2.54. The van der Waals surface area contributed by atoms with Crippen LogP contribution in [0.25, 0.3) is 0 Å². The van der Waals surface area contributed by atoms with Crippen LogP contribution in [-0.2, 0) is 4.79 Å². The van der Waals surface area contributed by atoms with E-state index >= 15 is 0 Å². The number of nitrogens with zero attached hydrogens (tertiary/aromatic N) is 1. The molecule has 0 aromatic rings. The molecule has 2 unspecified atom stereocenters. The van der Waals surface area contributed by atoms with Gasteiger partial charge >= 0.3 is 0 Å². The molecule has 3 nitrogen and oxygen atoms in total. The summed E-state index contributed by atoms with van der Waals surface area (Å²) in [6, 6.07) is 0. The van der Waals surface area contributed by atoms with E-state index in [9.17, 15) is 4.79 Å². The number of hydrogen-bond acceptors (Lipinski definition) is 3. The van der Waals surface area contributed by atoms with Crippen molar-refractivity contribution in [2.24, 2.45) is 0 Å². The van der Waals surface area contributed by atoms with Crippen molar-refractivity contribution < 1.29 is 4.79 Å². The lowest BCUT2D eigenvalue weighted by molar-refractivity contribution is -0.133. The number of hydrogen-bond donors (Lipinski definition) is 1. The first kappa shape index (κ1) is 13.7. The molecule has 2 aliphatic heterocycles. The number of carbonyl (C=O) groups is 1. The Labute approximate surface area is 120 Å². The Hall–Kier alpha value is -0.220. The Kier molecular flexibility index (Phi) is 4.08. The van der Waals surface area contributed by atoms with Gasteiger partial charge in [0.05, 0.1) is 11.7 Å². The van der Waals surface area contributed by atoms with Crippen LogP contribution in [0.3, 0.4) is 0 Å². The molecule has 19 heavy (non-hydrogen) atoms. The van der Waals surface area contributed by atoms with Crippen LogP contribution in [0.15, 0.2) is 0 Å². The number of rotatable bonds is 3. The van der Waals surface area contributed by atoms with Crippen molar-refractivity contribution in [2.45, 2.75) is 75.2 Å². The zero-order valence-electron chi connectivity index (χ0n) is 12.0. The molecular weight excluding hydrogens is 256 g/mol. The fraction of sp³-hybridized carbons (Fsp3) is 0.933. The van der Waals surface area contributed by atoms with Gasteiger partial charge in [-0.3, -0.25) is 10.1 Å². The van der Waals surface area contributed by atoms with Crippen molar-refractivity contribution in [3.8, 4) is 0 Å². The molecule has 3 rings (SSSR count). The second-order valence-corrected chi connectivity index (χ2v) is 7.71. The molecule has 0 radical (unpaired) electrons. The highest BCUT2D eigenvalue weighted by Crippen LogP contribution is 2.38. The quantitative estimate of drug-likeness (QED) is 0.864. The molecule has 1 saturated carbocycles. The molecule has 2 saturated heterocycles. The molecule has 0 aromatic heterocycles. The Bertz CT molecular complexity index is 335. The molecule has 1 spiro atoms. The van der Waals surface area contributed by atoms with Crippen LogP contribution < -0.4 is 5.32 Å². The summed E-state index contributed by atoms with van der Waals surface area (Å²) in [5, 5.41) is 4.34. The van der Waals surface area contributed by atoms with Crippen LogP contribution in [0.2, 0.25) is 0 Å². The van der Waals surface area contributed by atoms with Crippen LogP contribution in [0, 0.1) is 0 Å². The summed E-state index contributed by atoms with van der Waals surface area (Å²) < 4.78 is 0. The molecule has 2 heterocycles. The minimum atomic E-state index is -0.181. The molecule has 108 valence electrons. The second kappa shape index (κ2) is 5.65. The van der Waals surface area contributed by atoms with E-state index < -0.39 is 0 Å². The summed E-state index contributed by atoms with van der Waals surface area (Å²) in [4.78, 5) is 15.0. The van der Waals surface area contributed by atoms with Crippen molar-refractivity contribution in [3.05, 3.63) is 0 Å². The van der Waals surface area contributed by atoms with E-state index in [1.807, 2.05) is 0 Å². The van der Waals surface area contributed by atoms with Crippen LogP contribution >= 0.6 is 11.8 Å². The van der Waals surface area contributed by atoms with Gasteiger partial charge in [-0.15, -0.1) is 0 Å². The third-order valence-corrected chi connectivity index (χ3v) is 6.39. The lowest BCUT2D eigenvalue weighted by atomic mass is 9.98. The zero-order chi connectivity index (χ0) is 13.3. The number of amides is 1. The highest BCUT2D eigenvalue weighted by molar-refractivity contribution is 7.99. The zero-order valence-corrected chi connectivity index (χ0v) is 12.8. The molecule has 4 heteroatoms. The van der Waals surface area contributed by atoms with Crippen molar-refractivity contribution in [1.82, 2.24) is 10.2 Å².